The number of carbonyl (C=O) groups excluding carboxylic acids is 1. The van der Waals surface area contributed by atoms with Gasteiger partial charge in [0.25, 0.3) is 0 Å². The predicted octanol–water partition coefficient (Wildman–Crippen LogP) is 5.73. The summed E-state index contributed by atoms with van der Waals surface area (Å²) < 4.78 is 5.97. The predicted molar refractivity (Wildman–Crippen MR) is 130 cm³/mol. The third-order valence-corrected chi connectivity index (χ3v) is 5.49. The number of hydrazone groups is 1. The van der Waals surface area contributed by atoms with Crippen molar-refractivity contribution >= 4 is 22.9 Å². The molecule has 4 aromatic carbocycles. The topological polar surface area (TPSA) is 50.7 Å². The summed E-state index contributed by atoms with van der Waals surface area (Å²) in [5, 5.41) is 6.48. The van der Waals surface area contributed by atoms with Crippen molar-refractivity contribution in [2.75, 3.05) is 0 Å². The number of fused-ring (bicyclic) bond motifs is 1. The van der Waals surface area contributed by atoms with Crippen LogP contribution in [0.4, 0.5) is 0 Å². The number of benzene rings is 4. The fourth-order valence-electron chi connectivity index (χ4n) is 3.55. The summed E-state index contributed by atoms with van der Waals surface area (Å²) in [5.74, 6) is 0.647. The monoisotopic (exact) mass is 422 g/mol. The molecule has 32 heavy (non-hydrogen) atoms. The lowest BCUT2D eigenvalue weighted by atomic mass is 10.0. The zero-order chi connectivity index (χ0) is 22.3. The van der Waals surface area contributed by atoms with Gasteiger partial charge in [0.2, 0.25) is 5.91 Å². The van der Waals surface area contributed by atoms with Crippen molar-refractivity contribution in [3.63, 3.8) is 0 Å². The molecule has 0 aliphatic carbocycles. The Morgan fingerprint density at radius 1 is 0.906 bits per heavy atom. The van der Waals surface area contributed by atoms with Gasteiger partial charge in [0.15, 0.2) is 0 Å². The molecular formula is C28H26N2O2. The smallest absolute Gasteiger partial charge is 0.244 e. The fraction of sp³-hybridized carbons (Fsp3) is 0.143. The molecule has 160 valence electrons. The number of nitrogens with zero attached hydrogens (tertiary/aromatic N) is 1. The second-order valence-corrected chi connectivity index (χ2v) is 7.88. The van der Waals surface area contributed by atoms with Crippen molar-refractivity contribution in [1.29, 1.82) is 0 Å². The zero-order valence-electron chi connectivity index (χ0n) is 18.3. The van der Waals surface area contributed by atoms with E-state index in [-0.39, 0.29) is 5.91 Å². The highest BCUT2D eigenvalue weighted by atomic mass is 16.5. The molecule has 0 aliphatic rings. The summed E-state index contributed by atoms with van der Waals surface area (Å²) in [7, 11) is 0. The molecule has 0 radical (unpaired) electrons. The first-order valence-corrected chi connectivity index (χ1v) is 10.7. The minimum Gasteiger partial charge on any atom is -0.489 e. The van der Waals surface area contributed by atoms with Gasteiger partial charge in [0.05, 0.1) is 12.6 Å². The van der Waals surface area contributed by atoms with Crippen LogP contribution in [-0.2, 0) is 17.8 Å². The zero-order valence-corrected chi connectivity index (χ0v) is 18.3. The van der Waals surface area contributed by atoms with Crippen molar-refractivity contribution in [2.24, 2.45) is 5.10 Å². The second-order valence-electron chi connectivity index (χ2n) is 7.88. The Balaban J connectivity index is 1.30. The van der Waals surface area contributed by atoms with E-state index < -0.39 is 0 Å². The number of carbonyl (C=O) groups is 1. The molecule has 0 fully saturated rings. The highest BCUT2D eigenvalue weighted by Gasteiger charge is 2.04. The molecule has 0 atom stereocenters. The third-order valence-electron chi connectivity index (χ3n) is 5.49. The molecule has 0 heterocycles. The first-order valence-electron chi connectivity index (χ1n) is 10.7. The lowest BCUT2D eigenvalue weighted by Crippen LogP contribution is -2.19. The number of nitrogens with one attached hydrogen (secondary N) is 1. The normalized spacial score (nSPS) is 11.1. The van der Waals surface area contributed by atoms with Gasteiger partial charge in [-0.25, -0.2) is 5.43 Å². The molecule has 4 nitrogen and oxygen atoms in total. The van der Waals surface area contributed by atoms with E-state index in [1.54, 1.807) is 6.21 Å². The van der Waals surface area contributed by atoms with E-state index in [9.17, 15) is 4.79 Å². The summed E-state index contributed by atoms with van der Waals surface area (Å²) in [5.41, 5.74) is 8.01. The summed E-state index contributed by atoms with van der Waals surface area (Å²) in [6, 6.07) is 28.2. The number of rotatable bonds is 7. The van der Waals surface area contributed by atoms with Gasteiger partial charge in [0, 0.05) is 0 Å². The average molecular weight is 423 g/mol. The van der Waals surface area contributed by atoms with Crippen LogP contribution in [0.15, 0.2) is 90.0 Å². The molecule has 0 aliphatic heterocycles. The van der Waals surface area contributed by atoms with E-state index in [1.165, 1.54) is 21.9 Å². The van der Waals surface area contributed by atoms with Gasteiger partial charge in [-0.3, -0.25) is 4.79 Å². The molecule has 1 amide bonds. The van der Waals surface area contributed by atoms with Crippen molar-refractivity contribution in [2.45, 2.75) is 26.9 Å². The van der Waals surface area contributed by atoms with E-state index >= 15 is 0 Å². The molecule has 0 saturated heterocycles. The van der Waals surface area contributed by atoms with Crippen LogP contribution in [0.2, 0.25) is 0 Å². The van der Waals surface area contributed by atoms with Crippen molar-refractivity contribution in [1.82, 2.24) is 5.43 Å². The van der Waals surface area contributed by atoms with Crippen LogP contribution in [0.1, 0.15) is 27.8 Å². The number of aryl methyl sites for hydroxylation is 2. The molecule has 4 heteroatoms. The van der Waals surface area contributed by atoms with Gasteiger partial charge >= 0.3 is 0 Å². The second kappa shape index (κ2) is 9.92. The van der Waals surface area contributed by atoms with Gasteiger partial charge in [0.1, 0.15) is 12.4 Å². The fourth-order valence-corrected chi connectivity index (χ4v) is 3.55. The first-order chi connectivity index (χ1) is 15.6. The Labute approximate surface area is 188 Å². The maximum atomic E-state index is 12.1. The molecule has 1 N–H and O–H groups in total. The lowest BCUT2D eigenvalue weighted by molar-refractivity contribution is -0.120. The Bertz CT molecular complexity index is 1250. The summed E-state index contributed by atoms with van der Waals surface area (Å²) in [4.78, 5) is 12.1. The Hall–Kier alpha value is -3.92. The van der Waals surface area contributed by atoms with Crippen LogP contribution in [0, 0.1) is 13.8 Å². The van der Waals surface area contributed by atoms with Crippen LogP contribution < -0.4 is 10.2 Å². The molecule has 0 saturated carbocycles. The molecular weight excluding hydrogens is 396 g/mol. The van der Waals surface area contributed by atoms with Crippen molar-refractivity contribution in [3.8, 4) is 5.75 Å². The lowest BCUT2D eigenvalue weighted by Gasteiger charge is -2.09. The Morgan fingerprint density at radius 3 is 2.50 bits per heavy atom. The highest BCUT2D eigenvalue weighted by molar-refractivity contribution is 5.85. The molecule has 4 aromatic rings. The van der Waals surface area contributed by atoms with E-state index in [0.29, 0.717) is 13.0 Å². The molecule has 0 unspecified atom stereocenters. The molecule has 0 bridgehead atoms. The van der Waals surface area contributed by atoms with E-state index in [0.717, 1.165) is 22.4 Å². The van der Waals surface area contributed by atoms with Gasteiger partial charge < -0.3 is 4.74 Å². The molecule has 0 spiro atoms. The van der Waals surface area contributed by atoms with E-state index in [4.69, 9.17) is 4.74 Å². The van der Waals surface area contributed by atoms with Crippen LogP contribution in [0.5, 0.6) is 5.75 Å². The van der Waals surface area contributed by atoms with Crippen LogP contribution in [-0.4, -0.2) is 12.1 Å². The number of amides is 1. The maximum absolute atomic E-state index is 12.1. The largest absolute Gasteiger partial charge is 0.489 e. The van der Waals surface area contributed by atoms with Crippen LogP contribution in [0.3, 0.4) is 0 Å². The first kappa shape index (κ1) is 21.3. The minimum absolute atomic E-state index is 0.139. The quantitative estimate of drug-likeness (QED) is 0.305. The van der Waals surface area contributed by atoms with Crippen molar-refractivity contribution in [3.05, 3.63) is 113 Å². The summed E-state index contributed by atoms with van der Waals surface area (Å²) in [6.07, 6.45) is 1.94. The Kier molecular flexibility index (Phi) is 6.61. The van der Waals surface area contributed by atoms with Crippen LogP contribution >= 0.6 is 0 Å². The summed E-state index contributed by atoms with van der Waals surface area (Å²) in [6.45, 7) is 4.61. The van der Waals surface area contributed by atoms with E-state index in [2.05, 4.69) is 47.8 Å². The van der Waals surface area contributed by atoms with Gasteiger partial charge in [-0.1, -0.05) is 60.7 Å². The highest BCUT2D eigenvalue weighted by Crippen LogP contribution is 2.21. The number of hydrogen-bond acceptors (Lipinski definition) is 3. The average Bonchev–Trinajstić information content (AvgIpc) is 2.81. The molecule has 0 aromatic heterocycles. The number of ether oxygens (including phenoxy) is 1. The molecule has 4 rings (SSSR count). The third kappa shape index (κ3) is 5.41. The van der Waals surface area contributed by atoms with Gasteiger partial charge in [-0.2, -0.15) is 5.10 Å². The Morgan fingerprint density at radius 2 is 1.69 bits per heavy atom. The van der Waals surface area contributed by atoms with Crippen LogP contribution in [0.25, 0.3) is 10.8 Å². The van der Waals surface area contributed by atoms with E-state index in [1.807, 2.05) is 61.5 Å². The summed E-state index contributed by atoms with van der Waals surface area (Å²) >= 11 is 0. The van der Waals surface area contributed by atoms with Gasteiger partial charge in [-0.05, 0) is 76.7 Å². The minimum atomic E-state index is -0.139. The maximum Gasteiger partial charge on any atom is 0.244 e. The SMILES string of the molecule is Cc1ccc(CC(=O)N/N=C\c2ccc(OCc3cccc4ccccc34)cc2)cc1C. The van der Waals surface area contributed by atoms with Gasteiger partial charge in [-0.15, -0.1) is 0 Å². The van der Waals surface area contributed by atoms with Crippen molar-refractivity contribution < 1.29 is 9.53 Å². The number of hydrogen-bond donors (Lipinski definition) is 1. The standard InChI is InChI=1S/C28H26N2O2/c1-20-10-11-23(16-21(20)2)17-28(31)30-29-18-22-12-14-26(15-13-22)32-19-25-8-5-7-24-6-3-4-9-27(24)25/h3-16,18H,17,19H2,1-2H3,(H,30,31)/b29-18-.